The molecule has 1 rings (SSSR count). The van der Waals surface area contributed by atoms with Crippen molar-refractivity contribution in [1.82, 2.24) is 5.09 Å². The van der Waals surface area contributed by atoms with Crippen molar-refractivity contribution in [2.45, 2.75) is 19.9 Å². The Hall–Kier alpha value is -1.71. The van der Waals surface area contributed by atoms with E-state index in [0.29, 0.717) is 0 Å². The summed E-state index contributed by atoms with van der Waals surface area (Å²) >= 11 is 0. The molecule has 1 aromatic carbocycles. The molecule has 0 radical (unpaired) electrons. The minimum atomic E-state index is -4.73. The number of hydrogen-bond acceptors (Lipinski definition) is 4. The second-order valence-corrected chi connectivity index (χ2v) is 5.79. The first-order valence-corrected chi connectivity index (χ1v) is 7.54. The van der Waals surface area contributed by atoms with Gasteiger partial charge in [0.2, 0.25) is 34.8 Å². The Balaban J connectivity index is 3.30. The molecule has 0 amide bonds. The average molecular weight is 363 g/mol. The van der Waals surface area contributed by atoms with Crippen LogP contribution in [0.15, 0.2) is 0 Å². The van der Waals surface area contributed by atoms with Crippen LogP contribution in [0.25, 0.3) is 0 Å². The van der Waals surface area contributed by atoms with E-state index in [1.165, 1.54) is 6.92 Å². The largest absolute Gasteiger partial charge is 0.480 e. The third kappa shape index (κ3) is 4.18. The van der Waals surface area contributed by atoms with E-state index in [9.17, 15) is 31.3 Å². The molecule has 0 saturated carbocycles. The molecule has 0 aliphatic carbocycles. The first-order valence-electron chi connectivity index (χ1n) is 6.00. The normalized spacial score (nSPS) is 15.1. The zero-order chi connectivity index (χ0) is 17.9. The molecule has 0 unspecified atom stereocenters. The van der Waals surface area contributed by atoms with E-state index in [-0.39, 0.29) is 6.61 Å². The molecule has 0 fully saturated rings. The molecule has 23 heavy (non-hydrogen) atoms. The SMILES string of the molecule is CCO[P@@](=O)(N[C@@H](C)C(=O)O)Oc1c(F)c(F)c(F)c(F)c1F. The van der Waals surface area contributed by atoms with Gasteiger partial charge >= 0.3 is 13.7 Å². The molecule has 1 aromatic rings. The zero-order valence-electron chi connectivity index (χ0n) is 11.7. The van der Waals surface area contributed by atoms with Crippen molar-refractivity contribution in [2.75, 3.05) is 6.61 Å². The van der Waals surface area contributed by atoms with Crippen LogP contribution in [0, 0.1) is 29.1 Å². The highest BCUT2D eigenvalue weighted by molar-refractivity contribution is 7.52. The molecule has 0 aliphatic rings. The Labute approximate surface area is 126 Å². The second kappa shape index (κ2) is 7.24. The summed E-state index contributed by atoms with van der Waals surface area (Å²) < 4.78 is 87.1. The van der Waals surface area contributed by atoms with Gasteiger partial charge < -0.3 is 9.63 Å². The fraction of sp³-hybridized carbons (Fsp3) is 0.364. The summed E-state index contributed by atoms with van der Waals surface area (Å²) in [6, 6.07) is -1.56. The number of nitrogens with one attached hydrogen (secondary N) is 1. The van der Waals surface area contributed by atoms with Gasteiger partial charge in [-0.25, -0.2) is 17.7 Å². The van der Waals surface area contributed by atoms with Crippen molar-refractivity contribution in [1.29, 1.82) is 0 Å². The van der Waals surface area contributed by atoms with E-state index in [1.807, 2.05) is 0 Å². The number of carboxylic acid groups (broad SMARTS) is 1. The molecule has 0 bridgehead atoms. The van der Waals surface area contributed by atoms with Gasteiger partial charge in [-0.1, -0.05) is 0 Å². The number of benzene rings is 1. The molecular weight excluding hydrogens is 352 g/mol. The van der Waals surface area contributed by atoms with Gasteiger partial charge in [0.05, 0.1) is 6.61 Å². The number of aliphatic carboxylic acids is 1. The number of carbonyl (C=O) groups is 1. The van der Waals surface area contributed by atoms with Crippen molar-refractivity contribution in [3.63, 3.8) is 0 Å². The predicted molar refractivity (Wildman–Crippen MR) is 66.3 cm³/mol. The second-order valence-electron chi connectivity index (χ2n) is 4.09. The van der Waals surface area contributed by atoms with Gasteiger partial charge in [0, 0.05) is 0 Å². The Bertz CT molecular complexity index is 642. The third-order valence-electron chi connectivity index (χ3n) is 2.40. The number of rotatable bonds is 7. The van der Waals surface area contributed by atoms with Crippen LogP contribution in [0.1, 0.15) is 13.8 Å². The molecule has 0 aliphatic heterocycles. The maximum atomic E-state index is 13.5. The van der Waals surface area contributed by atoms with Gasteiger partial charge in [0.1, 0.15) is 6.04 Å². The van der Waals surface area contributed by atoms with Crippen LogP contribution in [0.5, 0.6) is 5.75 Å². The first kappa shape index (κ1) is 19.3. The van der Waals surface area contributed by atoms with E-state index in [4.69, 9.17) is 5.11 Å². The Morgan fingerprint density at radius 2 is 1.57 bits per heavy atom. The first-order chi connectivity index (χ1) is 10.5. The van der Waals surface area contributed by atoms with Crippen LogP contribution in [-0.4, -0.2) is 23.7 Å². The summed E-state index contributed by atoms with van der Waals surface area (Å²) in [7, 11) is -4.73. The summed E-state index contributed by atoms with van der Waals surface area (Å²) in [4.78, 5) is 10.7. The molecule has 0 spiro atoms. The van der Waals surface area contributed by atoms with E-state index >= 15 is 0 Å². The van der Waals surface area contributed by atoms with Gasteiger partial charge in [-0.15, -0.1) is 0 Å². The number of carboxylic acids is 1. The summed E-state index contributed by atoms with van der Waals surface area (Å²) in [6.45, 7) is 1.91. The number of halogens is 5. The zero-order valence-corrected chi connectivity index (χ0v) is 12.6. The molecule has 2 N–H and O–H groups in total. The smallest absolute Gasteiger partial charge is 0.459 e. The van der Waals surface area contributed by atoms with Crippen LogP contribution in [0.4, 0.5) is 22.0 Å². The monoisotopic (exact) mass is 363 g/mol. The fourth-order valence-electron chi connectivity index (χ4n) is 1.34. The van der Waals surface area contributed by atoms with E-state index in [1.54, 1.807) is 5.09 Å². The van der Waals surface area contributed by atoms with Crippen molar-refractivity contribution >= 4 is 13.7 Å². The fourth-order valence-corrected chi connectivity index (χ4v) is 2.84. The Morgan fingerprint density at radius 1 is 1.13 bits per heavy atom. The summed E-state index contributed by atoms with van der Waals surface area (Å²) in [5.74, 6) is -15.2. The molecule has 0 saturated heterocycles. The van der Waals surface area contributed by atoms with Gasteiger partial charge in [-0.3, -0.25) is 9.32 Å². The van der Waals surface area contributed by atoms with Crippen molar-refractivity contribution in [2.24, 2.45) is 0 Å². The topological polar surface area (TPSA) is 84.9 Å². The highest BCUT2D eigenvalue weighted by Crippen LogP contribution is 2.47. The standard InChI is InChI=1S/C11H11F5NO5P/c1-3-21-23(20,17-4(2)11(18)19)22-10-8(15)6(13)5(12)7(14)9(10)16/h4H,3H2,1-2H3,(H,17,20)(H,18,19)/t4-,23-/m0/s1. The maximum absolute atomic E-state index is 13.5. The van der Waals surface area contributed by atoms with Crippen LogP contribution in [0.3, 0.4) is 0 Å². The molecule has 12 heteroatoms. The Kier molecular flexibility index (Phi) is 6.09. The Morgan fingerprint density at radius 3 is 1.96 bits per heavy atom. The van der Waals surface area contributed by atoms with Gasteiger partial charge in [-0.05, 0) is 13.8 Å². The molecule has 6 nitrogen and oxygen atoms in total. The lowest BCUT2D eigenvalue weighted by Crippen LogP contribution is -2.33. The highest BCUT2D eigenvalue weighted by atomic mass is 31.2. The van der Waals surface area contributed by atoms with Gasteiger partial charge in [-0.2, -0.15) is 13.9 Å². The summed E-state index contributed by atoms with van der Waals surface area (Å²) in [5.41, 5.74) is 0. The van der Waals surface area contributed by atoms with E-state index in [0.717, 1.165) is 6.92 Å². The van der Waals surface area contributed by atoms with Crippen molar-refractivity contribution in [3.8, 4) is 5.75 Å². The quantitative estimate of drug-likeness (QED) is 0.335. The molecule has 0 aromatic heterocycles. The van der Waals surface area contributed by atoms with E-state index in [2.05, 4.69) is 9.05 Å². The molecule has 0 heterocycles. The predicted octanol–water partition coefficient (Wildman–Crippen LogP) is 2.97. The lowest BCUT2D eigenvalue weighted by molar-refractivity contribution is -0.138. The molecule has 130 valence electrons. The van der Waals surface area contributed by atoms with Crippen LogP contribution in [-0.2, 0) is 13.9 Å². The number of hydrogen-bond donors (Lipinski definition) is 2. The minimum absolute atomic E-state index is 0.369. The van der Waals surface area contributed by atoms with Crippen LogP contribution in [0.2, 0.25) is 0 Å². The lowest BCUT2D eigenvalue weighted by Gasteiger charge is -2.21. The van der Waals surface area contributed by atoms with E-state index < -0.39 is 54.6 Å². The van der Waals surface area contributed by atoms with Crippen molar-refractivity contribution < 1.29 is 45.5 Å². The highest BCUT2D eigenvalue weighted by Gasteiger charge is 2.36. The summed E-state index contributed by atoms with van der Waals surface area (Å²) in [5, 5.41) is 10.5. The third-order valence-corrected chi connectivity index (χ3v) is 4.13. The van der Waals surface area contributed by atoms with Gasteiger partial charge in [0.25, 0.3) is 0 Å². The molecule has 2 atom stereocenters. The summed E-state index contributed by atoms with van der Waals surface area (Å²) in [6.07, 6.45) is 0. The maximum Gasteiger partial charge on any atom is 0.459 e. The van der Waals surface area contributed by atoms with Gasteiger partial charge in [0.15, 0.2) is 0 Å². The average Bonchev–Trinajstić information content (AvgIpc) is 2.47. The van der Waals surface area contributed by atoms with Crippen LogP contribution < -0.4 is 9.61 Å². The minimum Gasteiger partial charge on any atom is -0.480 e. The van der Waals surface area contributed by atoms with Crippen molar-refractivity contribution in [3.05, 3.63) is 29.1 Å². The lowest BCUT2D eigenvalue weighted by atomic mass is 10.3. The van der Waals surface area contributed by atoms with Crippen LogP contribution >= 0.6 is 7.75 Å². The molecular formula is C11H11F5NO5P.